The Hall–Kier alpha value is -1.48. The van der Waals surface area contributed by atoms with Crippen LogP contribution >= 0.6 is 12.2 Å². The van der Waals surface area contributed by atoms with E-state index < -0.39 is 0 Å². The number of hydrogen-bond donors (Lipinski definition) is 1. The van der Waals surface area contributed by atoms with Crippen molar-refractivity contribution in [3.8, 4) is 11.3 Å². The van der Waals surface area contributed by atoms with Gasteiger partial charge in [-0.3, -0.25) is 0 Å². The van der Waals surface area contributed by atoms with Gasteiger partial charge in [0.05, 0.1) is 12.0 Å². The minimum Gasteiger partial charge on any atom is -0.346 e. The lowest BCUT2D eigenvalue weighted by Crippen LogP contribution is -1.99. The number of hydrogen-bond acceptors (Lipinski definition) is 2. The van der Waals surface area contributed by atoms with Crippen LogP contribution in [0.1, 0.15) is 30.9 Å². The maximum Gasteiger partial charge on any atom is 0.133 e. The van der Waals surface area contributed by atoms with E-state index in [0.717, 1.165) is 11.3 Å². The average molecular weight is 244 g/mol. The molecule has 0 radical (unpaired) electrons. The van der Waals surface area contributed by atoms with Gasteiger partial charge in [-0.2, -0.15) is 0 Å². The predicted molar refractivity (Wildman–Crippen MR) is 73.7 cm³/mol. The summed E-state index contributed by atoms with van der Waals surface area (Å²) in [6.07, 6.45) is 1.68. The Morgan fingerprint density at radius 2 is 1.94 bits per heavy atom. The summed E-state index contributed by atoms with van der Waals surface area (Å²) in [6, 6.07) is 8.31. The van der Waals surface area contributed by atoms with Crippen LogP contribution in [-0.4, -0.2) is 9.97 Å². The molecule has 0 unspecified atom stereocenters. The van der Waals surface area contributed by atoms with Crippen molar-refractivity contribution in [2.75, 3.05) is 0 Å². The van der Waals surface area contributed by atoms with Gasteiger partial charge in [-0.05, 0) is 18.4 Å². The SMILES string of the molecule is Cc1ccccc1-c1[nH]cnc(=S)c1C(C)C. The van der Waals surface area contributed by atoms with Gasteiger partial charge >= 0.3 is 0 Å². The molecule has 0 aliphatic heterocycles. The third kappa shape index (κ3) is 2.29. The fourth-order valence-electron chi connectivity index (χ4n) is 2.02. The van der Waals surface area contributed by atoms with Crippen LogP contribution in [0, 0.1) is 11.6 Å². The van der Waals surface area contributed by atoms with E-state index in [1.54, 1.807) is 6.33 Å². The number of benzene rings is 1. The van der Waals surface area contributed by atoms with Gasteiger partial charge in [0.15, 0.2) is 0 Å². The monoisotopic (exact) mass is 244 g/mol. The number of aromatic nitrogens is 2. The summed E-state index contributed by atoms with van der Waals surface area (Å²) in [5.74, 6) is 0.363. The van der Waals surface area contributed by atoms with Crippen LogP contribution in [0.3, 0.4) is 0 Å². The van der Waals surface area contributed by atoms with E-state index in [0.29, 0.717) is 10.6 Å². The Labute approximate surface area is 107 Å². The molecule has 2 rings (SSSR count). The molecule has 0 spiro atoms. The molecule has 0 atom stereocenters. The molecule has 1 heterocycles. The molecule has 0 aliphatic rings. The molecule has 1 N–H and O–H groups in total. The third-order valence-electron chi connectivity index (χ3n) is 2.88. The summed E-state index contributed by atoms with van der Waals surface area (Å²) >= 11 is 5.33. The predicted octanol–water partition coefficient (Wildman–Crippen LogP) is 4.24. The van der Waals surface area contributed by atoms with Gasteiger partial charge in [0.1, 0.15) is 4.64 Å². The number of aromatic amines is 1. The molecule has 0 amide bonds. The summed E-state index contributed by atoms with van der Waals surface area (Å²) in [6.45, 7) is 6.39. The van der Waals surface area contributed by atoms with E-state index >= 15 is 0 Å². The van der Waals surface area contributed by atoms with Gasteiger partial charge in [-0.1, -0.05) is 50.3 Å². The number of nitrogens with one attached hydrogen (secondary N) is 1. The second-order valence-electron chi connectivity index (χ2n) is 4.47. The zero-order valence-corrected chi connectivity index (χ0v) is 11.1. The fraction of sp³-hybridized carbons (Fsp3) is 0.286. The molecule has 88 valence electrons. The van der Waals surface area contributed by atoms with Gasteiger partial charge in [0.2, 0.25) is 0 Å². The van der Waals surface area contributed by atoms with E-state index in [9.17, 15) is 0 Å². The summed E-state index contributed by atoms with van der Waals surface area (Å²) in [5.41, 5.74) is 4.66. The van der Waals surface area contributed by atoms with Gasteiger partial charge < -0.3 is 4.98 Å². The highest BCUT2D eigenvalue weighted by atomic mass is 32.1. The van der Waals surface area contributed by atoms with Crippen LogP contribution in [-0.2, 0) is 0 Å². The van der Waals surface area contributed by atoms with Crippen LogP contribution in [0.4, 0.5) is 0 Å². The molecular weight excluding hydrogens is 228 g/mol. The van der Waals surface area contributed by atoms with Gasteiger partial charge in [0, 0.05) is 11.1 Å². The van der Waals surface area contributed by atoms with Crippen molar-refractivity contribution in [2.45, 2.75) is 26.7 Å². The standard InChI is InChI=1S/C14H16N2S/c1-9(2)12-13(15-8-16-14(12)17)11-7-5-4-6-10(11)3/h4-9H,1-3H3,(H,15,16,17). The van der Waals surface area contributed by atoms with E-state index in [4.69, 9.17) is 12.2 Å². The Bertz CT molecular complexity index is 585. The zero-order valence-electron chi connectivity index (χ0n) is 10.3. The average Bonchev–Trinajstić information content (AvgIpc) is 2.28. The van der Waals surface area contributed by atoms with Crippen LogP contribution < -0.4 is 0 Å². The number of nitrogens with zero attached hydrogens (tertiary/aromatic N) is 1. The molecule has 1 aromatic heterocycles. The van der Waals surface area contributed by atoms with Crippen molar-refractivity contribution in [1.29, 1.82) is 0 Å². The first-order valence-electron chi connectivity index (χ1n) is 5.75. The third-order valence-corrected chi connectivity index (χ3v) is 3.21. The summed E-state index contributed by atoms with van der Waals surface area (Å²) < 4.78 is 0.692. The minimum absolute atomic E-state index is 0.363. The number of aryl methyl sites for hydroxylation is 1. The largest absolute Gasteiger partial charge is 0.346 e. The van der Waals surface area contributed by atoms with Crippen molar-refractivity contribution in [3.05, 3.63) is 46.4 Å². The van der Waals surface area contributed by atoms with Crippen molar-refractivity contribution in [3.63, 3.8) is 0 Å². The van der Waals surface area contributed by atoms with Crippen molar-refractivity contribution >= 4 is 12.2 Å². The van der Waals surface area contributed by atoms with E-state index in [2.05, 4.69) is 42.9 Å². The Balaban J connectivity index is 2.73. The van der Waals surface area contributed by atoms with E-state index in [-0.39, 0.29) is 0 Å². The Morgan fingerprint density at radius 3 is 2.59 bits per heavy atom. The molecule has 0 aliphatic carbocycles. The summed E-state index contributed by atoms with van der Waals surface area (Å²) in [7, 11) is 0. The summed E-state index contributed by atoms with van der Waals surface area (Å²) in [5, 5.41) is 0. The van der Waals surface area contributed by atoms with E-state index in [1.807, 2.05) is 12.1 Å². The van der Waals surface area contributed by atoms with Crippen LogP contribution in [0.25, 0.3) is 11.3 Å². The molecule has 17 heavy (non-hydrogen) atoms. The molecule has 0 saturated carbocycles. The van der Waals surface area contributed by atoms with E-state index in [1.165, 1.54) is 11.1 Å². The Kier molecular flexibility index (Phi) is 3.38. The quantitative estimate of drug-likeness (QED) is 0.800. The molecule has 0 bridgehead atoms. The summed E-state index contributed by atoms with van der Waals surface area (Å²) in [4.78, 5) is 7.41. The minimum atomic E-state index is 0.363. The molecule has 0 fully saturated rings. The molecule has 0 saturated heterocycles. The first kappa shape index (κ1) is 12.0. The second-order valence-corrected chi connectivity index (χ2v) is 4.85. The number of H-pyrrole nitrogens is 1. The fourth-order valence-corrected chi connectivity index (χ4v) is 2.41. The van der Waals surface area contributed by atoms with Crippen LogP contribution in [0.15, 0.2) is 30.6 Å². The highest BCUT2D eigenvalue weighted by Gasteiger charge is 2.12. The molecule has 1 aromatic carbocycles. The van der Waals surface area contributed by atoms with Crippen LogP contribution in [0.2, 0.25) is 0 Å². The lowest BCUT2D eigenvalue weighted by atomic mass is 9.96. The molecule has 3 heteroatoms. The highest BCUT2D eigenvalue weighted by molar-refractivity contribution is 7.71. The molecule has 2 nitrogen and oxygen atoms in total. The highest BCUT2D eigenvalue weighted by Crippen LogP contribution is 2.29. The normalized spacial score (nSPS) is 10.8. The van der Waals surface area contributed by atoms with Gasteiger partial charge in [-0.15, -0.1) is 0 Å². The molecular formula is C14H16N2S. The maximum absolute atomic E-state index is 5.33. The molecule has 2 aromatic rings. The zero-order chi connectivity index (χ0) is 12.4. The number of rotatable bonds is 2. The van der Waals surface area contributed by atoms with Gasteiger partial charge in [0.25, 0.3) is 0 Å². The second kappa shape index (κ2) is 4.80. The van der Waals surface area contributed by atoms with Crippen LogP contribution in [0.5, 0.6) is 0 Å². The van der Waals surface area contributed by atoms with Crippen molar-refractivity contribution in [1.82, 2.24) is 9.97 Å². The lowest BCUT2D eigenvalue weighted by molar-refractivity contribution is 0.843. The topological polar surface area (TPSA) is 28.7 Å². The first-order valence-corrected chi connectivity index (χ1v) is 6.15. The smallest absolute Gasteiger partial charge is 0.133 e. The van der Waals surface area contributed by atoms with Crippen molar-refractivity contribution in [2.24, 2.45) is 0 Å². The maximum atomic E-state index is 5.33. The first-order chi connectivity index (χ1) is 8.11. The Morgan fingerprint density at radius 1 is 1.24 bits per heavy atom. The van der Waals surface area contributed by atoms with Gasteiger partial charge in [-0.25, -0.2) is 4.98 Å². The van der Waals surface area contributed by atoms with Crippen molar-refractivity contribution < 1.29 is 0 Å². The lowest BCUT2D eigenvalue weighted by Gasteiger charge is -2.13.